The Hall–Kier alpha value is -2.90. The van der Waals surface area contributed by atoms with E-state index in [2.05, 4.69) is 15.5 Å². The molecule has 21 heavy (non-hydrogen) atoms. The monoisotopic (exact) mass is 293 g/mol. The Kier molecular flexibility index (Phi) is 4.17. The summed E-state index contributed by atoms with van der Waals surface area (Å²) in [5.74, 6) is -1.68. The van der Waals surface area contributed by atoms with Crippen molar-refractivity contribution in [2.75, 3.05) is 5.32 Å². The average Bonchev–Trinajstić information content (AvgIpc) is 2.90. The van der Waals surface area contributed by atoms with Crippen LogP contribution in [0.5, 0.6) is 5.75 Å². The van der Waals surface area contributed by atoms with E-state index in [1.165, 1.54) is 37.3 Å². The highest BCUT2D eigenvalue weighted by Gasteiger charge is 2.17. The first-order chi connectivity index (χ1) is 9.95. The first-order valence-electron chi connectivity index (χ1n) is 5.97. The molecular weight excluding hydrogens is 281 g/mol. The lowest BCUT2D eigenvalue weighted by molar-refractivity contribution is -0.122. The predicted octanol–water partition coefficient (Wildman–Crippen LogP) is 1.65. The van der Waals surface area contributed by atoms with Crippen LogP contribution in [0.2, 0.25) is 0 Å². The van der Waals surface area contributed by atoms with Gasteiger partial charge in [0, 0.05) is 6.07 Å². The van der Waals surface area contributed by atoms with Crippen molar-refractivity contribution < 1.29 is 23.8 Å². The minimum Gasteiger partial charge on any atom is -0.481 e. The van der Waals surface area contributed by atoms with Gasteiger partial charge in [0.1, 0.15) is 17.3 Å². The predicted molar refractivity (Wildman–Crippen MR) is 70.7 cm³/mol. The number of nitrogens with zero attached hydrogens (tertiary/aromatic N) is 1. The van der Waals surface area contributed by atoms with Crippen molar-refractivity contribution in [1.29, 1.82) is 0 Å². The molecule has 1 aromatic heterocycles. The number of H-pyrrole nitrogens is 1. The van der Waals surface area contributed by atoms with Crippen molar-refractivity contribution in [2.45, 2.75) is 13.0 Å². The van der Waals surface area contributed by atoms with Gasteiger partial charge in [-0.05, 0) is 31.2 Å². The number of hydrogen-bond donors (Lipinski definition) is 3. The van der Waals surface area contributed by atoms with E-state index in [1.54, 1.807) is 0 Å². The topological polar surface area (TPSA) is 104 Å². The van der Waals surface area contributed by atoms with E-state index in [0.29, 0.717) is 5.75 Å². The SMILES string of the molecule is CC(Oc1ccc(F)cc1)C(=O)Nc1cc(C(=O)O)[nH]n1. The lowest BCUT2D eigenvalue weighted by Gasteiger charge is -2.13. The molecule has 0 aliphatic carbocycles. The van der Waals surface area contributed by atoms with Gasteiger partial charge in [0.25, 0.3) is 5.91 Å². The number of nitrogens with one attached hydrogen (secondary N) is 2. The minimum absolute atomic E-state index is 0.0759. The number of rotatable bonds is 5. The van der Waals surface area contributed by atoms with E-state index >= 15 is 0 Å². The molecule has 1 aromatic carbocycles. The summed E-state index contributed by atoms with van der Waals surface area (Å²) in [5.41, 5.74) is -0.141. The molecule has 3 N–H and O–H groups in total. The van der Waals surface area contributed by atoms with Crippen molar-refractivity contribution in [3.8, 4) is 5.75 Å². The number of halogens is 1. The molecule has 0 saturated heterocycles. The molecule has 1 heterocycles. The summed E-state index contributed by atoms with van der Waals surface area (Å²) in [6.45, 7) is 1.50. The fourth-order valence-corrected chi connectivity index (χ4v) is 1.49. The number of amides is 1. The molecule has 0 saturated carbocycles. The van der Waals surface area contributed by atoms with Crippen LogP contribution >= 0.6 is 0 Å². The van der Waals surface area contributed by atoms with Gasteiger partial charge < -0.3 is 15.2 Å². The molecular formula is C13H12FN3O4. The number of carboxylic acid groups (broad SMARTS) is 1. The van der Waals surface area contributed by atoms with Gasteiger partial charge >= 0.3 is 5.97 Å². The molecule has 0 bridgehead atoms. The van der Waals surface area contributed by atoms with Gasteiger partial charge in [-0.3, -0.25) is 9.89 Å². The van der Waals surface area contributed by atoms with E-state index in [1.807, 2.05) is 0 Å². The third-order valence-electron chi connectivity index (χ3n) is 2.56. The number of carboxylic acids is 1. The van der Waals surface area contributed by atoms with Crippen molar-refractivity contribution in [1.82, 2.24) is 10.2 Å². The highest BCUT2D eigenvalue weighted by Crippen LogP contribution is 2.14. The molecule has 1 atom stereocenters. The smallest absolute Gasteiger partial charge is 0.353 e. The molecule has 0 aliphatic rings. The zero-order valence-corrected chi connectivity index (χ0v) is 11.0. The number of carbonyl (C=O) groups is 2. The summed E-state index contributed by atoms with van der Waals surface area (Å²) in [4.78, 5) is 22.5. The lowest BCUT2D eigenvalue weighted by atomic mass is 10.3. The Morgan fingerprint density at radius 2 is 2.05 bits per heavy atom. The van der Waals surface area contributed by atoms with Gasteiger partial charge in [-0.2, -0.15) is 5.10 Å². The second kappa shape index (κ2) is 6.04. The van der Waals surface area contributed by atoms with Gasteiger partial charge in [-0.1, -0.05) is 0 Å². The normalized spacial score (nSPS) is 11.7. The summed E-state index contributed by atoms with van der Waals surface area (Å²) in [5, 5.41) is 17.0. The van der Waals surface area contributed by atoms with Crippen molar-refractivity contribution in [3.63, 3.8) is 0 Å². The summed E-state index contributed by atoms with van der Waals surface area (Å²) >= 11 is 0. The first kappa shape index (κ1) is 14.5. The Bertz CT molecular complexity index is 654. The Morgan fingerprint density at radius 3 is 2.62 bits per heavy atom. The number of aromatic nitrogens is 2. The van der Waals surface area contributed by atoms with Gasteiger partial charge in [-0.25, -0.2) is 9.18 Å². The third kappa shape index (κ3) is 3.78. The van der Waals surface area contributed by atoms with Crippen LogP contribution in [-0.4, -0.2) is 33.3 Å². The van der Waals surface area contributed by atoms with E-state index in [9.17, 15) is 14.0 Å². The Labute approximate surface area is 118 Å². The average molecular weight is 293 g/mol. The zero-order valence-electron chi connectivity index (χ0n) is 11.0. The largest absolute Gasteiger partial charge is 0.481 e. The first-order valence-corrected chi connectivity index (χ1v) is 5.97. The molecule has 2 aromatic rings. The van der Waals surface area contributed by atoms with Crippen LogP contribution in [0, 0.1) is 5.82 Å². The van der Waals surface area contributed by atoms with Crippen LogP contribution in [0.15, 0.2) is 30.3 Å². The fourth-order valence-electron chi connectivity index (χ4n) is 1.49. The number of anilines is 1. The van der Waals surface area contributed by atoms with Gasteiger partial charge in [0.15, 0.2) is 11.9 Å². The minimum atomic E-state index is -1.18. The maximum absolute atomic E-state index is 12.7. The molecule has 7 nitrogen and oxygen atoms in total. The molecule has 1 unspecified atom stereocenters. The van der Waals surface area contributed by atoms with Crippen molar-refractivity contribution in [2.24, 2.45) is 0 Å². The Morgan fingerprint density at radius 1 is 1.38 bits per heavy atom. The standard InChI is InChI=1S/C13H12FN3O4/c1-7(21-9-4-2-8(14)3-5-9)12(18)15-11-6-10(13(19)20)16-17-11/h2-7H,1H3,(H,19,20)(H2,15,16,17,18). The second-order valence-electron chi connectivity index (χ2n) is 4.18. The van der Waals surface area contributed by atoms with Gasteiger partial charge in [0.05, 0.1) is 0 Å². The molecule has 8 heteroatoms. The molecule has 0 radical (unpaired) electrons. The quantitative estimate of drug-likeness (QED) is 0.777. The highest BCUT2D eigenvalue weighted by molar-refractivity contribution is 5.94. The third-order valence-corrected chi connectivity index (χ3v) is 2.56. The van der Waals surface area contributed by atoms with E-state index in [0.717, 1.165) is 0 Å². The van der Waals surface area contributed by atoms with Crippen molar-refractivity contribution >= 4 is 17.7 Å². The van der Waals surface area contributed by atoms with Crippen molar-refractivity contribution in [3.05, 3.63) is 41.8 Å². The molecule has 2 rings (SSSR count). The van der Waals surface area contributed by atoms with Gasteiger partial charge in [-0.15, -0.1) is 0 Å². The van der Waals surface area contributed by atoms with E-state index in [-0.39, 0.29) is 11.5 Å². The van der Waals surface area contributed by atoms with Crippen LogP contribution in [0.1, 0.15) is 17.4 Å². The molecule has 0 spiro atoms. The summed E-state index contributed by atoms with van der Waals surface area (Å²) in [6.07, 6.45) is -0.861. The van der Waals surface area contributed by atoms with Crippen LogP contribution in [0.4, 0.5) is 10.2 Å². The summed E-state index contributed by atoms with van der Waals surface area (Å²) < 4.78 is 18.1. The maximum Gasteiger partial charge on any atom is 0.353 e. The number of aromatic carboxylic acids is 1. The van der Waals surface area contributed by atoms with Gasteiger partial charge in [0.2, 0.25) is 0 Å². The summed E-state index contributed by atoms with van der Waals surface area (Å²) in [7, 11) is 0. The van der Waals surface area contributed by atoms with Crippen LogP contribution in [-0.2, 0) is 4.79 Å². The number of aromatic amines is 1. The number of benzene rings is 1. The Balaban J connectivity index is 1.95. The molecule has 110 valence electrons. The maximum atomic E-state index is 12.7. The summed E-state index contributed by atoms with van der Waals surface area (Å²) in [6, 6.07) is 6.41. The van der Waals surface area contributed by atoms with Crippen LogP contribution in [0.25, 0.3) is 0 Å². The van der Waals surface area contributed by atoms with E-state index < -0.39 is 23.8 Å². The lowest BCUT2D eigenvalue weighted by Crippen LogP contribution is -2.30. The second-order valence-corrected chi connectivity index (χ2v) is 4.18. The number of hydrogen-bond acceptors (Lipinski definition) is 4. The molecule has 0 fully saturated rings. The van der Waals surface area contributed by atoms with E-state index in [4.69, 9.17) is 9.84 Å². The van der Waals surface area contributed by atoms with Crippen LogP contribution in [0.3, 0.4) is 0 Å². The van der Waals surface area contributed by atoms with Crippen LogP contribution < -0.4 is 10.1 Å². The molecule has 1 amide bonds. The zero-order chi connectivity index (χ0) is 15.4. The molecule has 0 aliphatic heterocycles. The number of ether oxygens (including phenoxy) is 1. The fraction of sp³-hybridized carbons (Fsp3) is 0.154. The highest BCUT2D eigenvalue weighted by atomic mass is 19.1. The number of carbonyl (C=O) groups excluding carboxylic acids is 1.